The second-order valence-corrected chi connectivity index (χ2v) is 6.65. The summed E-state index contributed by atoms with van der Waals surface area (Å²) >= 11 is 0. The Morgan fingerprint density at radius 3 is 2.57 bits per heavy atom. The summed E-state index contributed by atoms with van der Waals surface area (Å²) in [6.07, 6.45) is 0. The maximum Gasteiger partial charge on any atom is 0.352 e. The van der Waals surface area contributed by atoms with Gasteiger partial charge in [0.1, 0.15) is 5.82 Å². The molecule has 0 aliphatic carbocycles. The molecule has 8 nitrogen and oxygen atoms in total. The molecule has 0 aliphatic heterocycles. The Bertz CT molecular complexity index is 1170. The van der Waals surface area contributed by atoms with Crippen molar-refractivity contribution in [2.45, 2.75) is 13.5 Å². The minimum Gasteiger partial charge on any atom is -0.383 e. The Labute approximate surface area is 171 Å². The molecular weight excluding hydrogens is 391 g/mol. The Morgan fingerprint density at radius 2 is 1.90 bits per heavy atom. The molecule has 1 N–H and O–H groups in total. The van der Waals surface area contributed by atoms with E-state index in [9.17, 15) is 18.8 Å². The van der Waals surface area contributed by atoms with Crippen molar-refractivity contribution >= 4 is 5.91 Å². The first-order valence-electron chi connectivity index (χ1n) is 9.23. The lowest BCUT2D eigenvalue weighted by Crippen LogP contribution is -2.46. The van der Waals surface area contributed by atoms with Gasteiger partial charge in [0.05, 0.1) is 18.8 Å². The zero-order valence-corrected chi connectivity index (χ0v) is 16.6. The molecule has 3 aromatic rings. The number of halogens is 1. The van der Waals surface area contributed by atoms with Crippen LogP contribution >= 0.6 is 0 Å². The minimum atomic E-state index is -0.830. The highest BCUT2D eigenvalue weighted by molar-refractivity contribution is 5.91. The molecule has 0 atom stereocenters. The summed E-state index contributed by atoms with van der Waals surface area (Å²) in [7, 11) is 1.48. The number of nitrogens with one attached hydrogen (secondary N) is 1. The lowest BCUT2D eigenvalue weighted by Gasteiger charge is -2.12. The van der Waals surface area contributed by atoms with Crippen molar-refractivity contribution < 1.29 is 13.9 Å². The largest absolute Gasteiger partial charge is 0.383 e. The number of amides is 1. The van der Waals surface area contributed by atoms with Crippen LogP contribution in [0.25, 0.3) is 5.69 Å². The van der Waals surface area contributed by atoms with Crippen molar-refractivity contribution in [3.8, 4) is 5.69 Å². The fourth-order valence-corrected chi connectivity index (χ4v) is 2.85. The molecular formula is C21H21FN4O4. The van der Waals surface area contributed by atoms with E-state index >= 15 is 0 Å². The number of benzene rings is 2. The molecule has 30 heavy (non-hydrogen) atoms. The summed E-state index contributed by atoms with van der Waals surface area (Å²) in [6, 6.07) is 12.4. The average Bonchev–Trinajstić information content (AvgIpc) is 2.72. The van der Waals surface area contributed by atoms with Crippen LogP contribution in [-0.2, 0) is 11.3 Å². The lowest BCUT2D eigenvalue weighted by atomic mass is 10.2. The molecule has 0 radical (unpaired) electrons. The van der Waals surface area contributed by atoms with Crippen molar-refractivity contribution in [1.82, 2.24) is 19.7 Å². The Kier molecular flexibility index (Phi) is 6.53. The molecule has 156 valence electrons. The minimum absolute atomic E-state index is 0.134. The van der Waals surface area contributed by atoms with Crippen LogP contribution in [0.15, 0.2) is 58.1 Å². The first-order chi connectivity index (χ1) is 14.4. The Morgan fingerprint density at radius 1 is 1.17 bits per heavy atom. The van der Waals surface area contributed by atoms with Crippen LogP contribution in [0.4, 0.5) is 4.39 Å². The van der Waals surface area contributed by atoms with Gasteiger partial charge in [0.25, 0.3) is 11.5 Å². The van der Waals surface area contributed by atoms with Crippen LogP contribution < -0.4 is 16.6 Å². The van der Waals surface area contributed by atoms with E-state index in [2.05, 4.69) is 10.4 Å². The second-order valence-electron chi connectivity index (χ2n) is 6.65. The summed E-state index contributed by atoms with van der Waals surface area (Å²) in [6.45, 7) is 2.15. The number of carbonyl (C=O) groups excluding carboxylic acids is 1. The number of hydrogen-bond acceptors (Lipinski definition) is 5. The van der Waals surface area contributed by atoms with E-state index in [1.165, 1.54) is 31.4 Å². The van der Waals surface area contributed by atoms with Crippen molar-refractivity contribution in [3.63, 3.8) is 0 Å². The van der Waals surface area contributed by atoms with Crippen LogP contribution in [-0.4, -0.2) is 40.5 Å². The number of methoxy groups -OCH3 is 1. The molecule has 1 aromatic heterocycles. The van der Waals surface area contributed by atoms with Gasteiger partial charge in [-0.2, -0.15) is 9.78 Å². The highest BCUT2D eigenvalue weighted by Crippen LogP contribution is 2.07. The van der Waals surface area contributed by atoms with E-state index in [0.29, 0.717) is 11.3 Å². The van der Waals surface area contributed by atoms with E-state index in [1.54, 1.807) is 18.2 Å². The van der Waals surface area contributed by atoms with Crippen LogP contribution in [0.2, 0.25) is 0 Å². The van der Waals surface area contributed by atoms with E-state index < -0.39 is 28.7 Å². The monoisotopic (exact) mass is 412 g/mol. The zero-order chi connectivity index (χ0) is 21.7. The quantitative estimate of drug-likeness (QED) is 0.590. The Balaban J connectivity index is 2.13. The van der Waals surface area contributed by atoms with Gasteiger partial charge >= 0.3 is 5.69 Å². The smallest absolute Gasteiger partial charge is 0.352 e. The predicted octanol–water partition coefficient (Wildman–Crippen LogP) is 1.27. The summed E-state index contributed by atoms with van der Waals surface area (Å²) in [5, 5.41) is 6.58. The fourth-order valence-electron chi connectivity index (χ4n) is 2.85. The third-order valence-electron chi connectivity index (χ3n) is 4.37. The zero-order valence-electron chi connectivity index (χ0n) is 16.6. The van der Waals surface area contributed by atoms with Crippen molar-refractivity contribution in [2.24, 2.45) is 0 Å². The summed E-state index contributed by atoms with van der Waals surface area (Å²) in [4.78, 5) is 38.5. The maximum absolute atomic E-state index is 13.2. The number of aromatic nitrogens is 3. The van der Waals surface area contributed by atoms with E-state index in [1.807, 2.05) is 13.0 Å². The Hall–Kier alpha value is -3.59. The van der Waals surface area contributed by atoms with Gasteiger partial charge in [0.2, 0.25) is 5.69 Å². The van der Waals surface area contributed by atoms with Crippen LogP contribution in [0.3, 0.4) is 0 Å². The number of ether oxygens (including phenoxy) is 1. The number of rotatable bonds is 7. The normalized spacial score (nSPS) is 10.8. The molecule has 9 heteroatoms. The first-order valence-corrected chi connectivity index (χ1v) is 9.23. The predicted molar refractivity (Wildman–Crippen MR) is 109 cm³/mol. The van der Waals surface area contributed by atoms with Crippen molar-refractivity contribution in [3.05, 3.63) is 92.0 Å². The summed E-state index contributed by atoms with van der Waals surface area (Å²) < 4.78 is 20.0. The number of hydrogen-bond donors (Lipinski definition) is 1. The van der Waals surface area contributed by atoms with Crippen molar-refractivity contribution in [1.29, 1.82) is 0 Å². The first kappa shape index (κ1) is 21.1. The number of aryl methyl sites for hydroxylation is 1. The van der Waals surface area contributed by atoms with E-state index in [0.717, 1.165) is 14.8 Å². The van der Waals surface area contributed by atoms with Gasteiger partial charge < -0.3 is 10.1 Å². The van der Waals surface area contributed by atoms with Gasteiger partial charge in [-0.3, -0.25) is 14.2 Å². The SMILES string of the molecule is COCCNC(=O)c1nn(-c2cccc(C)c2)c(=O)n(Cc2ccc(F)cc2)c1=O. The topological polar surface area (TPSA) is 95.2 Å². The van der Waals surface area contributed by atoms with Gasteiger partial charge in [0, 0.05) is 13.7 Å². The molecule has 0 aliphatic rings. The molecule has 0 fully saturated rings. The highest BCUT2D eigenvalue weighted by atomic mass is 19.1. The van der Waals surface area contributed by atoms with Gasteiger partial charge in [0.15, 0.2) is 0 Å². The fraction of sp³-hybridized carbons (Fsp3) is 0.238. The molecule has 1 heterocycles. The maximum atomic E-state index is 13.2. The van der Waals surface area contributed by atoms with Gasteiger partial charge in [-0.25, -0.2) is 9.18 Å². The number of nitrogens with zero attached hydrogens (tertiary/aromatic N) is 3. The van der Waals surface area contributed by atoms with E-state index in [4.69, 9.17) is 4.74 Å². The molecule has 3 rings (SSSR count). The van der Waals surface area contributed by atoms with Gasteiger partial charge in [-0.1, -0.05) is 24.3 Å². The third-order valence-corrected chi connectivity index (χ3v) is 4.37. The van der Waals surface area contributed by atoms with Crippen LogP contribution in [0, 0.1) is 12.7 Å². The summed E-state index contributed by atoms with van der Waals surface area (Å²) in [5.41, 5.74) is -0.133. The second kappa shape index (κ2) is 9.27. The van der Waals surface area contributed by atoms with Gasteiger partial charge in [-0.05, 0) is 42.3 Å². The summed E-state index contributed by atoms with van der Waals surface area (Å²) in [5.74, 6) is -1.15. The van der Waals surface area contributed by atoms with E-state index in [-0.39, 0.29) is 19.7 Å². The molecule has 0 spiro atoms. The standard InChI is InChI=1S/C21H21FN4O4/c1-14-4-3-5-17(12-14)26-21(29)25(13-15-6-8-16(22)9-7-15)20(28)18(24-26)19(27)23-10-11-30-2/h3-9,12H,10-11,13H2,1-2H3,(H,23,27). The molecule has 2 aromatic carbocycles. The molecule has 0 saturated heterocycles. The molecule has 1 amide bonds. The highest BCUT2D eigenvalue weighted by Gasteiger charge is 2.20. The third kappa shape index (κ3) is 4.69. The average molecular weight is 412 g/mol. The molecule has 0 saturated carbocycles. The van der Waals surface area contributed by atoms with Gasteiger partial charge in [-0.15, -0.1) is 0 Å². The van der Waals surface area contributed by atoms with Crippen molar-refractivity contribution in [2.75, 3.05) is 20.3 Å². The van der Waals surface area contributed by atoms with Crippen LogP contribution in [0.5, 0.6) is 0 Å². The lowest BCUT2D eigenvalue weighted by molar-refractivity contribution is 0.0927. The molecule has 0 bridgehead atoms. The van der Waals surface area contributed by atoms with Crippen LogP contribution in [0.1, 0.15) is 21.6 Å². The molecule has 0 unspecified atom stereocenters. The number of carbonyl (C=O) groups is 1.